The highest BCUT2D eigenvalue weighted by Crippen LogP contribution is 2.37. The third-order valence-electron chi connectivity index (χ3n) is 2.37. The Morgan fingerprint density at radius 1 is 1.57 bits per heavy atom. The van der Waals surface area contributed by atoms with E-state index >= 15 is 0 Å². The molecule has 1 atom stereocenters. The molecule has 1 amide bonds. The molecule has 1 unspecified atom stereocenters. The zero-order valence-electron chi connectivity index (χ0n) is 8.54. The first-order valence-corrected chi connectivity index (χ1v) is 4.56. The molecule has 0 radical (unpaired) electrons. The molecule has 3 heteroatoms. The van der Waals surface area contributed by atoms with Crippen molar-refractivity contribution >= 4 is 12.7 Å². The minimum Gasteiger partial charge on any atom is -0.332 e. The second kappa shape index (κ2) is 3.78. The van der Waals surface area contributed by atoms with E-state index in [1.54, 1.807) is 0 Å². The van der Waals surface area contributed by atoms with Crippen molar-refractivity contribution in [2.24, 2.45) is 11.3 Å². The summed E-state index contributed by atoms with van der Waals surface area (Å²) < 4.78 is 0. The Morgan fingerprint density at radius 2 is 2.21 bits per heavy atom. The Kier molecular flexibility index (Phi) is 2.89. The maximum atomic E-state index is 10.8. The van der Waals surface area contributed by atoms with Gasteiger partial charge in [0, 0.05) is 5.70 Å². The van der Waals surface area contributed by atoms with E-state index in [0.29, 0.717) is 12.1 Å². The van der Waals surface area contributed by atoms with Crippen LogP contribution in [-0.2, 0) is 9.59 Å². The average molecular weight is 193 g/mol. The van der Waals surface area contributed by atoms with Crippen LogP contribution in [0.2, 0.25) is 0 Å². The molecule has 0 bridgehead atoms. The lowest BCUT2D eigenvalue weighted by Crippen LogP contribution is -2.29. The maximum Gasteiger partial charge on any atom is 0.211 e. The third kappa shape index (κ3) is 2.10. The van der Waals surface area contributed by atoms with Gasteiger partial charge in [-0.25, -0.2) is 0 Å². The summed E-state index contributed by atoms with van der Waals surface area (Å²) in [5, 5.41) is 2.56. The fourth-order valence-corrected chi connectivity index (χ4v) is 1.85. The van der Waals surface area contributed by atoms with Crippen molar-refractivity contribution in [2.45, 2.75) is 20.3 Å². The summed E-state index contributed by atoms with van der Waals surface area (Å²) in [6.07, 6.45) is 4.12. The van der Waals surface area contributed by atoms with Crippen molar-refractivity contribution < 1.29 is 9.59 Å². The monoisotopic (exact) mass is 193 g/mol. The molecule has 1 N–H and O–H groups in total. The first-order chi connectivity index (χ1) is 6.50. The molecule has 1 aliphatic carbocycles. The van der Waals surface area contributed by atoms with Crippen molar-refractivity contribution in [2.75, 3.05) is 0 Å². The van der Waals surface area contributed by atoms with Crippen LogP contribution in [0.15, 0.2) is 23.9 Å². The minimum atomic E-state index is -0.353. The van der Waals surface area contributed by atoms with Crippen LogP contribution < -0.4 is 5.32 Å². The molecule has 3 nitrogen and oxygen atoms in total. The largest absolute Gasteiger partial charge is 0.332 e. The molecule has 1 rings (SSSR count). The standard InChI is InChI=1S/C11H15NO2/c1-8-4-11(2,3)5-10(12-7-14)9(8)6-13/h5-7,9H,1,4H2,2-3H3,(H,12,14). The lowest BCUT2D eigenvalue weighted by Gasteiger charge is -2.32. The Labute approximate surface area is 83.9 Å². The third-order valence-corrected chi connectivity index (χ3v) is 2.37. The number of amides is 1. The molecule has 14 heavy (non-hydrogen) atoms. The molecule has 0 spiro atoms. The second-order valence-electron chi connectivity index (χ2n) is 4.30. The van der Waals surface area contributed by atoms with Crippen LogP contribution in [0.4, 0.5) is 0 Å². The highest BCUT2D eigenvalue weighted by Gasteiger charge is 2.29. The summed E-state index contributed by atoms with van der Waals surface area (Å²) in [5.41, 5.74) is 1.47. The summed E-state index contributed by atoms with van der Waals surface area (Å²) in [5.74, 6) is -0.353. The topological polar surface area (TPSA) is 46.2 Å². The number of nitrogens with one attached hydrogen (secondary N) is 1. The highest BCUT2D eigenvalue weighted by atomic mass is 16.1. The van der Waals surface area contributed by atoms with E-state index in [2.05, 4.69) is 11.9 Å². The number of hydrogen-bond acceptors (Lipinski definition) is 2. The van der Waals surface area contributed by atoms with Crippen molar-refractivity contribution in [1.82, 2.24) is 5.32 Å². The number of hydrogen-bond donors (Lipinski definition) is 1. The molecule has 0 fully saturated rings. The normalized spacial score (nSPS) is 25.1. The van der Waals surface area contributed by atoms with Crippen molar-refractivity contribution in [3.8, 4) is 0 Å². The van der Waals surface area contributed by atoms with E-state index in [1.165, 1.54) is 0 Å². The first kappa shape index (κ1) is 10.7. The molecular weight excluding hydrogens is 178 g/mol. The van der Waals surface area contributed by atoms with Crippen LogP contribution in [-0.4, -0.2) is 12.7 Å². The van der Waals surface area contributed by atoms with E-state index in [1.807, 2.05) is 19.9 Å². The Balaban J connectivity index is 3.03. The van der Waals surface area contributed by atoms with Crippen molar-refractivity contribution in [3.05, 3.63) is 23.9 Å². The van der Waals surface area contributed by atoms with Gasteiger partial charge < -0.3 is 10.1 Å². The summed E-state index contributed by atoms with van der Waals surface area (Å²) >= 11 is 0. The molecule has 0 aromatic carbocycles. The molecule has 0 saturated carbocycles. The molecule has 0 saturated heterocycles. The van der Waals surface area contributed by atoms with Gasteiger partial charge in [-0.1, -0.05) is 32.1 Å². The zero-order chi connectivity index (χ0) is 10.8. The SMILES string of the molecule is C=C1CC(C)(C)C=C(NC=O)C1C=O. The zero-order valence-corrected chi connectivity index (χ0v) is 8.54. The molecule has 0 aromatic heterocycles. The summed E-state index contributed by atoms with van der Waals surface area (Å²) in [7, 11) is 0. The highest BCUT2D eigenvalue weighted by molar-refractivity contribution is 5.67. The van der Waals surface area contributed by atoms with E-state index < -0.39 is 0 Å². The van der Waals surface area contributed by atoms with Gasteiger partial charge >= 0.3 is 0 Å². The Morgan fingerprint density at radius 3 is 2.71 bits per heavy atom. The molecule has 0 aromatic rings. The fraction of sp³-hybridized carbons (Fsp3) is 0.455. The maximum absolute atomic E-state index is 10.8. The predicted molar refractivity (Wildman–Crippen MR) is 54.4 cm³/mol. The number of rotatable bonds is 3. The lowest BCUT2D eigenvalue weighted by atomic mass is 9.75. The van der Waals surface area contributed by atoms with E-state index in [0.717, 1.165) is 18.3 Å². The number of allylic oxidation sites excluding steroid dienone is 2. The summed E-state index contributed by atoms with van der Waals surface area (Å²) in [6.45, 7) is 7.96. The smallest absolute Gasteiger partial charge is 0.211 e. The van der Waals surface area contributed by atoms with E-state index in [4.69, 9.17) is 0 Å². The molecule has 76 valence electrons. The van der Waals surface area contributed by atoms with Crippen molar-refractivity contribution in [3.63, 3.8) is 0 Å². The van der Waals surface area contributed by atoms with Crippen LogP contribution in [0.5, 0.6) is 0 Å². The van der Waals surface area contributed by atoms with Gasteiger partial charge in [0.15, 0.2) is 0 Å². The van der Waals surface area contributed by atoms with E-state index in [-0.39, 0.29) is 11.3 Å². The van der Waals surface area contributed by atoms with Crippen molar-refractivity contribution in [1.29, 1.82) is 0 Å². The molecule has 0 aliphatic heterocycles. The van der Waals surface area contributed by atoms with Gasteiger partial charge in [0.1, 0.15) is 6.29 Å². The number of aldehydes is 1. The van der Waals surface area contributed by atoms with Crippen LogP contribution in [0.1, 0.15) is 20.3 Å². The second-order valence-corrected chi connectivity index (χ2v) is 4.30. The van der Waals surface area contributed by atoms with Gasteiger partial charge in [-0.3, -0.25) is 4.79 Å². The quantitative estimate of drug-likeness (QED) is 0.544. The molecule has 0 heterocycles. The lowest BCUT2D eigenvalue weighted by molar-refractivity contribution is -0.110. The minimum absolute atomic E-state index is 0.0397. The van der Waals surface area contributed by atoms with Crippen LogP contribution in [0.25, 0.3) is 0 Å². The molecule has 1 aliphatic rings. The Hall–Kier alpha value is -1.38. The number of carbonyl (C=O) groups is 2. The number of carbonyl (C=O) groups excluding carboxylic acids is 2. The summed E-state index contributed by atoms with van der Waals surface area (Å²) in [6, 6.07) is 0. The summed E-state index contributed by atoms with van der Waals surface area (Å²) in [4.78, 5) is 21.2. The molecular formula is C11H15NO2. The van der Waals surface area contributed by atoms with Crippen LogP contribution in [0, 0.1) is 11.3 Å². The predicted octanol–water partition coefficient (Wildman–Crippen LogP) is 1.42. The first-order valence-electron chi connectivity index (χ1n) is 4.56. The van der Waals surface area contributed by atoms with Gasteiger partial charge in [-0.15, -0.1) is 0 Å². The van der Waals surface area contributed by atoms with Gasteiger partial charge in [0.25, 0.3) is 0 Å². The van der Waals surface area contributed by atoms with Gasteiger partial charge in [0.2, 0.25) is 6.41 Å². The average Bonchev–Trinajstić information content (AvgIpc) is 2.02. The van der Waals surface area contributed by atoms with E-state index in [9.17, 15) is 9.59 Å². The fourth-order valence-electron chi connectivity index (χ4n) is 1.85. The van der Waals surface area contributed by atoms with Crippen LogP contribution >= 0.6 is 0 Å². The van der Waals surface area contributed by atoms with Crippen LogP contribution in [0.3, 0.4) is 0 Å². The van der Waals surface area contributed by atoms with Gasteiger partial charge in [0.05, 0.1) is 5.92 Å². The Bertz CT molecular complexity index is 302. The van der Waals surface area contributed by atoms with Gasteiger partial charge in [-0.05, 0) is 11.8 Å². The van der Waals surface area contributed by atoms with Gasteiger partial charge in [-0.2, -0.15) is 0 Å².